The molecular formula is C25H23NO2. The summed E-state index contributed by atoms with van der Waals surface area (Å²) in [5.41, 5.74) is 4.27. The van der Waals surface area contributed by atoms with Gasteiger partial charge in [0.05, 0.1) is 7.11 Å². The highest BCUT2D eigenvalue weighted by Crippen LogP contribution is 2.48. The second-order valence-corrected chi connectivity index (χ2v) is 6.98. The summed E-state index contributed by atoms with van der Waals surface area (Å²) in [6.45, 7) is 3.96. The average molecular weight is 369 g/mol. The molecule has 0 spiro atoms. The van der Waals surface area contributed by atoms with Crippen LogP contribution >= 0.6 is 0 Å². The zero-order valence-electron chi connectivity index (χ0n) is 16.0. The maximum Gasteiger partial charge on any atom is 0.337 e. The number of methoxy groups -OCH3 is 1. The Kier molecular flexibility index (Phi) is 4.74. The van der Waals surface area contributed by atoms with E-state index >= 15 is 0 Å². The molecule has 1 unspecified atom stereocenters. The van der Waals surface area contributed by atoms with Crippen LogP contribution in [0, 0.1) is 0 Å². The zero-order chi connectivity index (χ0) is 19.6. The number of nitrogens with zero attached hydrogens (tertiary/aromatic N) is 1. The van der Waals surface area contributed by atoms with E-state index < -0.39 is 5.54 Å². The SMILES string of the molecule is C=CCC(C(=O)OC)(c1ccccc1)N1c2ccccc2Cc2ccccc21. The van der Waals surface area contributed by atoms with Gasteiger partial charge in [0, 0.05) is 24.2 Å². The molecule has 1 atom stereocenters. The van der Waals surface area contributed by atoms with E-state index in [-0.39, 0.29) is 5.97 Å². The largest absolute Gasteiger partial charge is 0.467 e. The Hall–Kier alpha value is -3.33. The Morgan fingerprint density at radius 1 is 0.964 bits per heavy atom. The third-order valence-corrected chi connectivity index (χ3v) is 5.44. The Morgan fingerprint density at radius 3 is 2.04 bits per heavy atom. The second kappa shape index (κ2) is 7.35. The summed E-state index contributed by atoms with van der Waals surface area (Å²) in [5, 5.41) is 0. The van der Waals surface area contributed by atoms with Gasteiger partial charge in [-0.3, -0.25) is 0 Å². The van der Waals surface area contributed by atoms with Gasteiger partial charge in [-0.25, -0.2) is 4.79 Å². The molecule has 0 saturated heterocycles. The normalized spacial score (nSPS) is 14.4. The number of esters is 1. The van der Waals surface area contributed by atoms with Crippen LogP contribution in [0.15, 0.2) is 91.5 Å². The van der Waals surface area contributed by atoms with Crippen molar-refractivity contribution in [1.82, 2.24) is 0 Å². The van der Waals surface area contributed by atoms with Gasteiger partial charge in [-0.05, 0) is 28.8 Å². The molecule has 4 rings (SSSR count). The van der Waals surface area contributed by atoms with Crippen LogP contribution in [0.3, 0.4) is 0 Å². The molecule has 1 aliphatic rings. The molecule has 3 aromatic carbocycles. The van der Waals surface area contributed by atoms with Crippen molar-refractivity contribution < 1.29 is 9.53 Å². The van der Waals surface area contributed by atoms with E-state index in [1.165, 1.54) is 18.2 Å². The average Bonchev–Trinajstić information content (AvgIpc) is 2.76. The van der Waals surface area contributed by atoms with Crippen LogP contribution in [-0.2, 0) is 21.5 Å². The minimum Gasteiger partial charge on any atom is -0.467 e. The van der Waals surface area contributed by atoms with Crippen LogP contribution in [0.2, 0.25) is 0 Å². The summed E-state index contributed by atoms with van der Waals surface area (Å²) in [6.07, 6.45) is 3.05. The summed E-state index contributed by atoms with van der Waals surface area (Å²) in [6, 6.07) is 26.4. The maximum atomic E-state index is 13.4. The van der Waals surface area contributed by atoms with Crippen molar-refractivity contribution in [2.24, 2.45) is 0 Å². The highest BCUT2D eigenvalue weighted by molar-refractivity contribution is 5.92. The molecule has 28 heavy (non-hydrogen) atoms. The molecule has 1 heterocycles. The number of hydrogen-bond acceptors (Lipinski definition) is 3. The number of anilines is 2. The molecule has 0 bridgehead atoms. The Morgan fingerprint density at radius 2 is 1.50 bits per heavy atom. The first-order valence-corrected chi connectivity index (χ1v) is 9.43. The van der Waals surface area contributed by atoms with Gasteiger partial charge in [-0.2, -0.15) is 0 Å². The lowest BCUT2D eigenvalue weighted by Gasteiger charge is -2.46. The first-order chi connectivity index (χ1) is 13.7. The minimum absolute atomic E-state index is 0.301. The Labute approximate surface area is 165 Å². The first kappa shape index (κ1) is 18.1. The predicted octanol–water partition coefficient (Wildman–Crippen LogP) is 5.37. The number of fused-ring (bicyclic) bond motifs is 2. The Balaban J connectivity index is 2.07. The lowest BCUT2D eigenvalue weighted by molar-refractivity contribution is -0.147. The van der Waals surface area contributed by atoms with Gasteiger partial charge in [-0.15, -0.1) is 6.58 Å². The van der Waals surface area contributed by atoms with E-state index in [2.05, 4.69) is 35.7 Å². The monoisotopic (exact) mass is 369 g/mol. The topological polar surface area (TPSA) is 29.5 Å². The van der Waals surface area contributed by atoms with E-state index in [9.17, 15) is 4.79 Å². The number of benzene rings is 3. The van der Waals surface area contributed by atoms with Gasteiger partial charge >= 0.3 is 5.97 Å². The van der Waals surface area contributed by atoms with Crippen LogP contribution < -0.4 is 4.90 Å². The molecular weight excluding hydrogens is 346 g/mol. The summed E-state index contributed by atoms with van der Waals surface area (Å²) in [7, 11) is 1.45. The molecule has 3 aromatic rings. The molecule has 1 aliphatic heterocycles. The van der Waals surface area contributed by atoms with Crippen LogP contribution in [0.4, 0.5) is 11.4 Å². The maximum absolute atomic E-state index is 13.4. The van der Waals surface area contributed by atoms with E-state index in [1.54, 1.807) is 6.08 Å². The van der Waals surface area contributed by atoms with E-state index in [0.717, 1.165) is 23.4 Å². The first-order valence-electron chi connectivity index (χ1n) is 9.43. The van der Waals surface area contributed by atoms with Crippen LogP contribution in [0.1, 0.15) is 23.1 Å². The van der Waals surface area contributed by atoms with E-state index in [0.29, 0.717) is 6.42 Å². The van der Waals surface area contributed by atoms with Gasteiger partial charge in [0.25, 0.3) is 0 Å². The molecule has 3 nitrogen and oxygen atoms in total. The quantitative estimate of drug-likeness (QED) is 0.447. The number of rotatable bonds is 5. The van der Waals surface area contributed by atoms with Crippen LogP contribution in [-0.4, -0.2) is 13.1 Å². The molecule has 0 aromatic heterocycles. The van der Waals surface area contributed by atoms with E-state index in [4.69, 9.17) is 4.74 Å². The van der Waals surface area contributed by atoms with Crippen molar-refractivity contribution in [3.05, 3.63) is 108 Å². The zero-order valence-corrected chi connectivity index (χ0v) is 16.0. The number of carbonyl (C=O) groups excluding carboxylic acids is 1. The van der Waals surface area contributed by atoms with Crippen LogP contribution in [0.5, 0.6) is 0 Å². The van der Waals surface area contributed by atoms with Crippen molar-refractivity contribution in [3.63, 3.8) is 0 Å². The summed E-state index contributed by atoms with van der Waals surface area (Å²) in [4.78, 5) is 15.6. The predicted molar refractivity (Wildman–Crippen MR) is 113 cm³/mol. The van der Waals surface area contributed by atoms with Gasteiger partial charge in [0.15, 0.2) is 5.54 Å². The minimum atomic E-state index is -1.04. The molecule has 0 amide bonds. The summed E-state index contributed by atoms with van der Waals surface area (Å²) >= 11 is 0. The lowest BCUT2D eigenvalue weighted by Crippen LogP contribution is -2.51. The van der Waals surface area contributed by atoms with Gasteiger partial charge in [0.2, 0.25) is 0 Å². The van der Waals surface area contributed by atoms with Gasteiger partial charge < -0.3 is 9.64 Å². The number of ether oxygens (including phenoxy) is 1. The van der Waals surface area contributed by atoms with E-state index in [1.807, 2.05) is 54.6 Å². The van der Waals surface area contributed by atoms with Crippen molar-refractivity contribution in [1.29, 1.82) is 0 Å². The fraction of sp³-hybridized carbons (Fsp3) is 0.160. The smallest absolute Gasteiger partial charge is 0.337 e. The molecule has 140 valence electrons. The molecule has 0 N–H and O–H groups in total. The molecule has 0 saturated carbocycles. The molecule has 0 radical (unpaired) electrons. The number of carbonyl (C=O) groups is 1. The number of para-hydroxylation sites is 2. The third-order valence-electron chi connectivity index (χ3n) is 5.44. The van der Waals surface area contributed by atoms with Gasteiger partial charge in [0.1, 0.15) is 0 Å². The van der Waals surface area contributed by atoms with Crippen molar-refractivity contribution in [3.8, 4) is 0 Å². The lowest BCUT2D eigenvalue weighted by atomic mass is 9.81. The molecule has 3 heteroatoms. The van der Waals surface area contributed by atoms with Crippen molar-refractivity contribution in [2.45, 2.75) is 18.4 Å². The molecule has 0 fully saturated rings. The molecule has 0 aliphatic carbocycles. The van der Waals surface area contributed by atoms with Crippen molar-refractivity contribution >= 4 is 17.3 Å². The standard InChI is InChI=1S/C25H23NO2/c1-3-17-25(24(27)28-2,21-13-5-4-6-14-21)26-22-15-9-7-11-19(22)18-20-12-8-10-16-23(20)26/h3-16H,1,17-18H2,2H3. The fourth-order valence-corrected chi connectivity index (χ4v) is 4.23. The summed E-state index contributed by atoms with van der Waals surface area (Å²) in [5.74, 6) is -0.301. The fourth-order valence-electron chi connectivity index (χ4n) is 4.23. The Bertz CT molecular complexity index is 966. The van der Waals surface area contributed by atoms with Crippen LogP contribution in [0.25, 0.3) is 0 Å². The van der Waals surface area contributed by atoms with Crippen molar-refractivity contribution in [2.75, 3.05) is 12.0 Å². The summed E-state index contributed by atoms with van der Waals surface area (Å²) < 4.78 is 5.38. The second-order valence-electron chi connectivity index (χ2n) is 6.98. The third kappa shape index (κ3) is 2.71. The number of hydrogen-bond donors (Lipinski definition) is 0. The highest BCUT2D eigenvalue weighted by atomic mass is 16.5. The highest BCUT2D eigenvalue weighted by Gasteiger charge is 2.49. The van der Waals surface area contributed by atoms with Gasteiger partial charge in [-0.1, -0.05) is 72.8 Å².